The number of benzene rings is 2. The van der Waals surface area contributed by atoms with Crippen molar-refractivity contribution in [1.29, 1.82) is 0 Å². The van der Waals surface area contributed by atoms with Gasteiger partial charge in [0.05, 0.1) is 39.8 Å². The van der Waals surface area contributed by atoms with Gasteiger partial charge >= 0.3 is 5.97 Å². The number of sulfone groups is 2. The van der Waals surface area contributed by atoms with Crippen molar-refractivity contribution in [2.75, 3.05) is 18.6 Å². The largest absolute Gasteiger partial charge is 0.469 e. The van der Waals surface area contributed by atoms with Gasteiger partial charge in [0.1, 0.15) is 0 Å². The van der Waals surface area contributed by atoms with Gasteiger partial charge in [-0.3, -0.25) is 14.4 Å². The molecule has 3 aliphatic rings. The fourth-order valence-corrected chi connectivity index (χ4v) is 10.3. The molecular formula is C48H54N4O8S2. The Kier molecular flexibility index (Phi) is 13.7. The van der Waals surface area contributed by atoms with Gasteiger partial charge in [0.25, 0.3) is 11.8 Å². The third kappa shape index (κ3) is 9.92. The zero-order chi connectivity index (χ0) is 45.1. The summed E-state index contributed by atoms with van der Waals surface area (Å²) in [7, 11) is -5.88. The second kappa shape index (κ2) is 18.6. The molecule has 1 aromatic heterocycles. The molecule has 0 radical (unpaired) electrons. The lowest BCUT2D eigenvalue weighted by atomic mass is 9.98. The monoisotopic (exact) mass is 878 g/mol. The van der Waals surface area contributed by atoms with Crippen LogP contribution >= 0.6 is 0 Å². The van der Waals surface area contributed by atoms with Crippen LogP contribution in [-0.4, -0.2) is 63.9 Å². The van der Waals surface area contributed by atoms with E-state index >= 15 is 0 Å². The first kappa shape index (κ1) is 45.7. The molecule has 4 heterocycles. The van der Waals surface area contributed by atoms with E-state index in [9.17, 15) is 31.2 Å². The number of nitrogens with zero attached hydrogens (tertiary/aromatic N) is 1. The van der Waals surface area contributed by atoms with Gasteiger partial charge in [-0.15, -0.1) is 0 Å². The number of hydrogen-bond acceptors (Lipinski definition) is 9. The van der Waals surface area contributed by atoms with Crippen molar-refractivity contribution in [2.45, 2.75) is 96.8 Å². The first-order chi connectivity index (χ1) is 29.3. The van der Waals surface area contributed by atoms with E-state index < -0.39 is 19.7 Å². The Morgan fingerprint density at radius 2 is 1.21 bits per heavy atom. The lowest BCUT2D eigenvalue weighted by Crippen LogP contribution is -2.18. The summed E-state index contributed by atoms with van der Waals surface area (Å²) in [5, 5.41) is 5.85. The number of methoxy groups -OCH3 is 1. The lowest BCUT2D eigenvalue weighted by molar-refractivity contribution is -0.140. The summed E-state index contributed by atoms with van der Waals surface area (Å²) >= 11 is 0. The van der Waals surface area contributed by atoms with Crippen LogP contribution in [0.4, 0.5) is 0 Å². The highest BCUT2D eigenvalue weighted by molar-refractivity contribution is 7.91. The number of aromatic amines is 1. The van der Waals surface area contributed by atoms with Crippen molar-refractivity contribution in [3.63, 3.8) is 0 Å². The summed E-state index contributed by atoms with van der Waals surface area (Å²) in [4.78, 5) is 47.6. The van der Waals surface area contributed by atoms with Crippen molar-refractivity contribution in [3.05, 3.63) is 139 Å². The number of ether oxygens (including phenoxy) is 1. The number of amides is 2. The smallest absolute Gasteiger partial charge is 0.305 e. The highest BCUT2D eigenvalue weighted by atomic mass is 32.2. The molecule has 0 aliphatic carbocycles. The lowest BCUT2D eigenvalue weighted by Gasteiger charge is -2.09. The molecule has 326 valence electrons. The zero-order valence-electron chi connectivity index (χ0n) is 36.5. The Balaban J connectivity index is 1.33. The van der Waals surface area contributed by atoms with Crippen LogP contribution < -0.4 is 10.6 Å². The number of H-pyrrole nitrogens is 1. The Morgan fingerprint density at radius 1 is 0.645 bits per heavy atom. The van der Waals surface area contributed by atoms with E-state index in [1.807, 2.05) is 45.9 Å². The van der Waals surface area contributed by atoms with E-state index in [1.165, 1.54) is 7.11 Å². The van der Waals surface area contributed by atoms with Crippen LogP contribution in [0.5, 0.6) is 0 Å². The number of aromatic nitrogens is 1. The Bertz CT molecular complexity index is 2790. The normalized spacial score (nSPS) is 17.9. The number of hydrogen-bond donors (Lipinski definition) is 3. The van der Waals surface area contributed by atoms with E-state index in [-0.39, 0.29) is 58.3 Å². The number of carbonyl (C=O) groups is 3. The average Bonchev–Trinajstić information content (AvgIpc) is 3.87. The van der Waals surface area contributed by atoms with E-state index in [4.69, 9.17) is 9.73 Å². The summed E-state index contributed by atoms with van der Waals surface area (Å²) < 4.78 is 57.8. The maximum absolute atomic E-state index is 13.3. The molecule has 14 heteroatoms. The van der Waals surface area contributed by atoms with Crippen LogP contribution in [0.1, 0.15) is 93.4 Å². The predicted octanol–water partition coefficient (Wildman–Crippen LogP) is 7.80. The molecule has 62 heavy (non-hydrogen) atoms. The quantitative estimate of drug-likeness (QED) is 0.122. The number of aliphatic imine (C=N–C) groups is 1. The first-order valence-corrected chi connectivity index (χ1v) is 24.0. The molecule has 2 aromatic carbocycles. The minimum atomic E-state index is -3.62. The summed E-state index contributed by atoms with van der Waals surface area (Å²) in [5.41, 5.74) is 11.5. The fraction of sp³-hybridized carbons (Fsp3) is 0.333. The molecule has 0 saturated carbocycles. The van der Waals surface area contributed by atoms with Crippen molar-refractivity contribution in [1.82, 2.24) is 15.6 Å². The van der Waals surface area contributed by atoms with Gasteiger partial charge in [0.15, 0.2) is 19.7 Å². The Morgan fingerprint density at radius 3 is 1.77 bits per heavy atom. The van der Waals surface area contributed by atoms with Gasteiger partial charge in [-0.2, -0.15) is 0 Å². The molecule has 3 aliphatic heterocycles. The van der Waals surface area contributed by atoms with E-state index in [2.05, 4.69) is 22.5 Å². The standard InChI is InChI=1S/C48H54N4O8S2/c1-9-10-36-30(4)41(26-45-38(33(7)47(54)52-45)21-23-61(56,57)34-15-11-28(2)12-16-34)50-43(36)27-44-37(19-20-46(53)60-8)31(5)40(49-44)25-42-32(6)39(48(55)51-42)22-24-62(58,59)35-17-13-29(3)14-18-35/h11-18,25-27,49H,9-10,19-24H2,1-8H3,(H,51,55)(H,52,54)/b42-25-,43-27-,45-26-. The minimum Gasteiger partial charge on any atom is -0.469 e. The molecule has 0 bridgehead atoms. The van der Waals surface area contributed by atoms with Crippen LogP contribution in [0.15, 0.2) is 120 Å². The van der Waals surface area contributed by atoms with Crippen molar-refractivity contribution >= 4 is 55.3 Å². The van der Waals surface area contributed by atoms with E-state index in [1.54, 1.807) is 62.4 Å². The molecule has 12 nitrogen and oxygen atoms in total. The molecule has 0 saturated heterocycles. The Labute approximate surface area is 364 Å². The molecule has 2 amide bonds. The van der Waals surface area contributed by atoms with Crippen LogP contribution in [0.2, 0.25) is 0 Å². The molecule has 0 spiro atoms. The molecule has 0 atom stereocenters. The number of rotatable bonds is 16. The third-order valence-corrected chi connectivity index (χ3v) is 15.2. The average molecular weight is 879 g/mol. The summed E-state index contributed by atoms with van der Waals surface area (Å²) in [6.45, 7) is 13.3. The minimum absolute atomic E-state index is 0.0477. The molecule has 0 unspecified atom stereocenters. The molecule has 3 aromatic rings. The van der Waals surface area contributed by atoms with Crippen LogP contribution in [-0.2, 0) is 45.2 Å². The number of carbonyl (C=O) groups excluding carboxylic acids is 3. The van der Waals surface area contributed by atoms with Crippen molar-refractivity contribution in [3.8, 4) is 0 Å². The molecular weight excluding hydrogens is 825 g/mol. The van der Waals surface area contributed by atoms with Gasteiger partial charge in [0.2, 0.25) is 0 Å². The van der Waals surface area contributed by atoms with Gasteiger partial charge in [-0.25, -0.2) is 21.8 Å². The second-order valence-corrected chi connectivity index (χ2v) is 20.2. The topological polar surface area (TPSA) is 181 Å². The van der Waals surface area contributed by atoms with Crippen molar-refractivity contribution in [2.24, 2.45) is 4.99 Å². The SMILES string of the molecule is CCCC1=C(C)C(/C=C2\NC(=O)C(C)=C2CCS(=O)(=O)c2ccc(C)cc2)=NC/1=C\c1[nH]c(/C=C2\NC(=O)C(CCS(=O)(=O)c3ccc(C)cc3)=C2C)c(C)c1CCC(=O)OC. The maximum atomic E-state index is 13.3. The van der Waals surface area contributed by atoms with Gasteiger partial charge in [-0.05, 0) is 143 Å². The number of esters is 1. The van der Waals surface area contributed by atoms with Crippen LogP contribution in [0.3, 0.4) is 0 Å². The predicted molar refractivity (Wildman–Crippen MR) is 242 cm³/mol. The van der Waals surface area contributed by atoms with Crippen molar-refractivity contribution < 1.29 is 36.0 Å². The van der Waals surface area contributed by atoms with Gasteiger partial charge in [0, 0.05) is 40.3 Å². The summed E-state index contributed by atoms with van der Waals surface area (Å²) in [5.74, 6) is -1.39. The summed E-state index contributed by atoms with van der Waals surface area (Å²) in [6.07, 6.45) is 7.80. The number of nitrogens with one attached hydrogen (secondary N) is 3. The molecule has 6 rings (SSSR count). The van der Waals surface area contributed by atoms with Gasteiger partial charge < -0.3 is 20.4 Å². The zero-order valence-corrected chi connectivity index (χ0v) is 38.2. The van der Waals surface area contributed by atoms with E-state index in [0.29, 0.717) is 63.6 Å². The van der Waals surface area contributed by atoms with Crippen LogP contribution in [0.25, 0.3) is 12.2 Å². The molecule has 0 fully saturated rings. The molecule has 3 N–H and O–H groups in total. The number of aryl methyl sites for hydroxylation is 2. The Hall–Kier alpha value is -5.86. The second-order valence-electron chi connectivity index (χ2n) is 16.0. The van der Waals surface area contributed by atoms with E-state index in [0.717, 1.165) is 45.5 Å². The summed E-state index contributed by atoms with van der Waals surface area (Å²) in [6, 6.07) is 13.4. The number of allylic oxidation sites excluding steroid dienone is 5. The highest BCUT2D eigenvalue weighted by Crippen LogP contribution is 2.35. The fourth-order valence-electron chi connectivity index (χ4n) is 7.81. The third-order valence-electron chi connectivity index (χ3n) is 11.7. The van der Waals surface area contributed by atoms with Gasteiger partial charge in [-0.1, -0.05) is 48.7 Å². The maximum Gasteiger partial charge on any atom is 0.305 e. The highest BCUT2D eigenvalue weighted by Gasteiger charge is 2.30. The van der Waals surface area contributed by atoms with Crippen LogP contribution in [0, 0.1) is 20.8 Å². The first-order valence-electron chi connectivity index (χ1n) is 20.7.